The summed E-state index contributed by atoms with van der Waals surface area (Å²) in [6, 6.07) is 0. The summed E-state index contributed by atoms with van der Waals surface area (Å²) in [5.74, 6) is 0. The van der Waals surface area contributed by atoms with E-state index < -0.39 is 7.26 Å². The third-order valence-electron chi connectivity index (χ3n) is 5.69. The van der Waals surface area contributed by atoms with E-state index in [0.717, 1.165) is 0 Å². The van der Waals surface area contributed by atoms with Crippen LogP contribution in [0.15, 0.2) is 0 Å². The van der Waals surface area contributed by atoms with Gasteiger partial charge in [0.15, 0.2) is 0 Å². The predicted molar refractivity (Wildman–Crippen MR) is 118 cm³/mol. The van der Waals surface area contributed by atoms with Crippen molar-refractivity contribution in [2.24, 2.45) is 0 Å². The molecule has 0 aromatic rings. The van der Waals surface area contributed by atoms with Gasteiger partial charge < -0.3 is 0 Å². The molecule has 0 aliphatic rings. The highest BCUT2D eigenvalue weighted by Gasteiger charge is 2.34. The van der Waals surface area contributed by atoms with E-state index >= 15 is 0 Å². The van der Waals surface area contributed by atoms with Crippen LogP contribution >= 0.6 is 7.26 Å². The Balaban J connectivity index is 4.58. The zero-order valence-electron chi connectivity index (χ0n) is 17.9. The van der Waals surface area contributed by atoms with Gasteiger partial charge in [-0.25, -0.2) is 0 Å². The summed E-state index contributed by atoms with van der Waals surface area (Å²) in [5.41, 5.74) is 0. The van der Waals surface area contributed by atoms with Gasteiger partial charge >= 0.3 is 0 Å². The van der Waals surface area contributed by atoms with Crippen molar-refractivity contribution in [3.05, 3.63) is 0 Å². The fourth-order valence-corrected chi connectivity index (χ4v) is 8.91. The Kier molecular flexibility index (Phi) is 18.6. The van der Waals surface area contributed by atoms with Crippen LogP contribution in [0.1, 0.15) is 124 Å². The van der Waals surface area contributed by atoms with E-state index in [1.54, 1.807) is 24.6 Å². The molecule has 0 saturated heterocycles. The first-order chi connectivity index (χ1) is 11.7. The molecule has 0 aliphatic heterocycles. The molecule has 0 radical (unpaired) electrons. The molecule has 0 aromatic carbocycles. The third-order valence-corrected chi connectivity index (χ3v) is 10.8. The molecule has 0 bridgehead atoms. The number of unbranched alkanes of at least 4 members (excludes halogenated alkanes) is 11. The van der Waals surface area contributed by atoms with Crippen LogP contribution in [0.5, 0.6) is 0 Å². The lowest BCUT2D eigenvalue weighted by Gasteiger charge is -2.28. The molecule has 0 fully saturated rings. The minimum Gasteiger partial charge on any atom is -0.0654 e. The van der Waals surface area contributed by atoms with Crippen LogP contribution < -0.4 is 0 Å². The monoisotopic (exact) mass is 357 g/mol. The van der Waals surface area contributed by atoms with Crippen LogP contribution in [0.25, 0.3) is 0 Å². The predicted octanol–water partition coefficient (Wildman–Crippen LogP) is 8.94. The van der Waals surface area contributed by atoms with Crippen molar-refractivity contribution in [2.75, 3.05) is 24.6 Å². The minimum absolute atomic E-state index is 0.646. The lowest BCUT2D eigenvalue weighted by atomic mass is 10.2. The molecule has 0 saturated carbocycles. The van der Waals surface area contributed by atoms with Gasteiger partial charge in [-0.05, 0) is 44.9 Å². The number of hydrogen-bond acceptors (Lipinski definition) is 0. The van der Waals surface area contributed by atoms with E-state index in [1.807, 2.05) is 0 Å². The summed E-state index contributed by atoms with van der Waals surface area (Å²) in [4.78, 5) is 0. The second-order valence-corrected chi connectivity index (χ2v) is 12.6. The van der Waals surface area contributed by atoms with Gasteiger partial charge in [0.2, 0.25) is 0 Å². The zero-order chi connectivity index (χ0) is 17.9. The summed E-state index contributed by atoms with van der Waals surface area (Å²) in [6.07, 6.45) is 28.5. The molecule has 0 aliphatic carbocycles. The van der Waals surface area contributed by atoms with Crippen molar-refractivity contribution < 1.29 is 0 Å². The maximum absolute atomic E-state index is 2.36. The van der Waals surface area contributed by atoms with Crippen LogP contribution in [0.4, 0.5) is 0 Å². The van der Waals surface area contributed by atoms with Crippen LogP contribution in [0.2, 0.25) is 0 Å². The molecule has 0 heterocycles. The van der Waals surface area contributed by atoms with Gasteiger partial charge in [-0.2, -0.15) is 0 Å². The molecular weight excluding hydrogens is 307 g/mol. The Morgan fingerprint density at radius 2 is 0.583 bits per heavy atom. The summed E-state index contributed by atoms with van der Waals surface area (Å²) >= 11 is 0. The van der Waals surface area contributed by atoms with Gasteiger partial charge in [0.25, 0.3) is 0 Å². The van der Waals surface area contributed by atoms with Crippen LogP contribution in [-0.4, -0.2) is 24.6 Å². The summed E-state index contributed by atoms with van der Waals surface area (Å²) in [7, 11) is -0.646. The van der Waals surface area contributed by atoms with E-state index in [0.29, 0.717) is 0 Å². The second kappa shape index (κ2) is 18.2. The molecule has 146 valence electrons. The highest BCUT2D eigenvalue weighted by Crippen LogP contribution is 2.61. The first-order valence-electron chi connectivity index (χ1n) is 11.6. The van der Waals surface area contributed by atoms with Crippen molar-refractivity contribution >= 4 is 7.26 Å². The largest absolute Gasteiger partial charge is 0.0654 e. The highest BCUT2D eigenvalue weighted by molar-refractivity contribution is 7.75. The summed E-state index contributed by atoms with van der Waals surface area (Å²) < 4.78 is 0. The molecule has 0 N–H and O–H groups in total. The average molecular weight is 358 g/mol. The molecule has 0 amide bonds. The van der Waals surface area contributed by atoms with Gasteiger partial charge in [0, 0.05) is 7.26 Å². The number of rotatable bonds is 19. The van der Waals surface area contributed by atoms with Crippen molar-refractivity contribution in [3.63, 3.8) is 0 Å². The molecule has 0 aromatic heterocycles. The summed E-state index contributed by atoms with van der Waals surface area (Å²) in [6.45, 7) is 9.40. The van der Waals surface area contributed by atoms with Crippen molar-refractivity contribution in [3.8, 4) is 0 Å². The van der Waals surface area contributed by atoms with Gasteiger partial charge in [0.1, 0.15) is 0 Å². The Hall–Kier alpha value is 0.430. The SMILES string of the molecule is CCCCCC[P+](CCCCC)(CCCCCC)CCCCCC. The standard InChI is InChI=1S/C23H50P/c1-5-9-13-17-21-24(20-16-12-8-4,22-18-14-10-6-2)23-19-15-11-7-3/h5-23H2,1-4H3/q+1. The lowest BCUT2D eigenvalue weighted by molar-refractivity contribution is 0.679. The van der Waals surface area contributed by atoms with Crippen LogP contribution in [0.3, 0.4) is 0 Å². The first kappa shape index (κ1) is 24.4. The molecule has 0 unspecified atom stereocenters. The highest BCUT2D eigenvalue weighted by atomic mass is 31.2. The third kappa shape index (κ3) is 13.7. The topological polar surface area (TPSA) is 0 Å². The smallest absolute Gasteiger partial charge is 0.0594 e. The van der Waals surface area contributed by atoms with E-state index in [2.05, 4.69) is 27.7 Å². The maximum Gasteiger partial charge on any atom is 0.0594 e. The van der Waals surface area contributed by atoms with Crippen molar-refractivity contribution in [1.29, 1.82) is 0 Å². The minimum atomic E-state index is -0.646. The van der Waals surface area contributed by atoms with Crippen LogP contribution in [-0.2, 0) is 0 Å². The Bertz CT molecular complexity index is 205. The second-order valence-electron chi connectivity index (χ2n) is 8.13. The van der Waals surface area contributed by atoms with Crippen molar-refractivity contribution in [2.45, 2.75) is 124 Å². The molecule has 0 spiro atoms. The van der Waals surface area contributed by atoms with Gasteiger partial charge in [-0.1, -0.05) is 79.1 Å². The Morgan fingerprint density at radius 3 is 0.875 bits per heavy atom. The fourth-order valence-electron chi connectivity index (χ4n) is 3.99. The molecule has 0 nitrogen and oxygen atoms in total. The van der Waals surface area contributed by atoms with Crippen molar-refractivity contribution in [1.82, 2.24) is 0 Å². The van der Waals surface area contributed by atoms with E-state index in [4.69, 9.17) is 0 Å². The van der Waals surface area contributed by atoms with E-state index in [1.165, 1.54) is 96.3 Å². The lowest BCUT2D eigenvalue weighted by Crippen LogP contribution is -2.13. The molecule has 0 rings (SSSR count). The van der Waals surface area contributed by atoms with Gasteiger partial charge in [-0.15, -0.1) is 0 Å². The molecule has 1 heteroatoms. The van der Waals surface area contributed by atoms with E-state index in [9.17, 15) is 0 Å². The van der Waals surface area contributed by atoms with Crippen LogP contribution in [0, 0.1) is 0 Å². The molecular formula is C23H50P+. The quantitative estimate of drug-likeness (QED) is 0.160. The summed E-state index contributed by atoms with van der Waals surface area (Å²) in [5, 5.41) is 0. The number of hydrogen-bond donors (Lipinski definition) is 0. The van der Waals surface area contributed by atoms with Gasteiger partial charge in [-0.3, -0.25) is 0 Å². The average Bonchev–Trinajstić information content (AvgIpc) is 2.60. The zero-order valence-corrected chi connectivity index (χ0v) is 18.8. The first-order valence-corrected chi connectivity index (χ1v) is 14.1. The van der Waals surface area contributed by atoms with E-state index in [-0.39, 0.29) is 0 Å². The molecule has 0 atom stereocenters. The van der Waals surface area contributed by atoms with Gasteiger partial charge in [0.05, 0.1) is 24.6 Å². The Labute approximate surface area is 156 Å². The maximum atomic E-state index is 2.36. The normalized spacial score (nSPS) is 12.0. The Morgan fingerprint density at radius 1 is 0.333 bits per heavy atom. The fraction of sp³-hybridized carbons (Fsp3) is 1.00. The molecule has 24 heavy (non-hydrogen) atoms.